The third-order valence-corrected chi connectivity index (χ3v) is 5.74. The maximum absolute atomic E-state index is 12.9. The lowest BCUT2D eigenvalue weighted by molar-refractivity contribution is 0.102. The summed E-state index contributed by atoms with van der Waals surface area (Å²) >= 11 is 1.05. The fourth-order valence-corrected chi connectivity index (χ4v) is 3.79. The van der Waals surface area contributed by atoms with Crippen LogP contribution in [0.1, 0.15) is 47.5 Å². The number of thioether (sulfide) groups is 1. The first kappa shape index (κ1) is 20.1. The van der Waals surface area contributed by atoms with E-state index in [2.05, 4.69) is 10.2 Å². The lowest BCUT2D eigenvalue weighted by Gasteiger charge is -2.15. The minimum Gasteiger partial charge on any atom is -0.416 e. The number of nitrogen functional groups attached to an aromatic ring is 1. The molecule has 1 aliphatic carbocycles. The summed E-state index contributed by atoms with van der Waals surface area (Å²) in [5.74, 6) is 0.177. The molecular formula is C20H21N5O4S. The van der Waals surface area contributed by atoms with Crippen molar-refractivity contribution < 1.29 is 9.21 Å². The number of hydrogen-bond donors (Lipinski definition) is 1. The van der Waals surface area contributed by atoms with E-state index in [1.807, 2.05) is 30.3 Å². The van der Waals surface area contributed by atoms with Gasteiger partial charge in [-0.3, -0.25) is 18.7 Å². The van der Waals surface area contributed by atoms with Gasteiger partial charge in [0.05, 0.1) is 12.3 Å². The zero-order chi connectivity index (χ0) is 21.3. The Bertz CT molecular complexity index is 1190. The maximum atomic E-state index is 12.9. The highest BCUT2D eigenvalue weighted by Crippen LogP contribution is 2.39. The molecule has 10 heteroatoms. The van der Waals surface area contributed by atoms with Crippen LogP contribution in [0.2, 0.25) is 0 Å². The minimum absolute atomic E-state index is 0.0982. The van der Waals surface area contributed by atoms with E-state index in [-0.39, 0.29) is 35.4 Å². The second kappa shape index (κ2) is 8.31. The molecule has 0 spiro atoms. The highest BCUT2D eigenvalue weighted by Gasteiger charge is 2.30. The van der Waals surface area contributed by atoms with Crippen molar-refractivity contribution in [3.8, 4) is 0 Å². The Morgan fingerprint density at radius 2 is 1.93 bits per heavy atom. The molecule has 0 radical (unpaired) electrons. The first-order chi connectivity index (χ1) is 14.5. The van der Waals surface area contributed by atoms with Gasteiger partial charge in [-0.1, -0.05) is 42.1 Å². The van der Waals surface area contributed by atoms with E-state index < -0.39 is 17.0 Å². The number of nitrogens with two attached hydrogens (primary N) is 1. The van der Waals surface area contributed by atoms with Gasteiger partial charge in [0.2, 0.25) is 5.89 Å². The highest BCUT2D eigenvalue weighted by atomic mass is 32.2. The van der Waals surface area contributed by atoms with E-state index >= 15 is 0 Å². The first-order valence-electron chi connectivity index (χ1n) is 9.66. The number of anilines is 1. The highest BCUT2D eigenvalue weighted by molar-refractivity contribution is 7.99. The van der Waals surface area contributed by atoms with Gasteiger partial charge in [-0.15, -0.1) is 10.2 Å². The zero-order valence-electron chi connectivity index (χ0n) is 16.4. The summed E-state index contributed by atoms with van der Waals surface area (Å²) in [4.78, 5) is 38.4. The Balaban J connectivity index is 1.63. The van der Waals surface area contributed by atoms with E-state index in [1.165, 1.54) is 4.57 Å². The normalized spacial score (nSPS) is 13.5. The van der Waals surface area contributed by atoms with Crippen molar-refractivity contribution in [2.75, 3.05) is 11.5 Å². The SMILES string of the molecule is CCn1c(=O)c(C(=O)CSc2nnc(C3CC3)o2)c(N)n(Cc2ccccc2)c1=O. The second-order valence-corrected chi connectivity index (χ2v) is 7.98. The maximum Gasteiger partial charge on any atom is 0.332 e. The number of benzene rings is 1. The third-order valence-electron chi connectivity index (χ3n) is 4.92. The van der Waals surface area contributed by atoms with Crippen molar-refractivity contribution in [3.05, 3.63) is 68.2 Å². The Morgan fingerprint density at radius 1 is 1.20 bits per heavy atom. The second-order valence-electron chi connectivity index (χ2n) is 7.06. The summed E-state index contributed by atoms with van der Waals surface area (Å²) in [6.07, 6.45) is 2.06. The molecular weight excluding hydrogens is 406 g/mol. The number of aromatic nitrogens is 4. The van der Waals surface area contributed by atoms with Crippen molar-refractivity contribution in [1.29, 1.82) is 0 Å². The molecule has 2 aromatic heterocycles. The molecule has 0 unspecified atom stereocenters. The van der Waals surface area contributed by atoms with Crippen molar-refractivity contribution >= 4 is 23.4 Å². The summed E-state index contributed by atoms with van der Waals surface area (Å²) in [7, 11) is 0. The molecule has 2 heterocycles. The molecule has 1 aliphatic rings. The Kier molecular flexibility index (Phi) is 5.58. The van der Waals surface area contributed by atoms with Crippen molar-refractivity contribution in [1.82, 2.24) is 19.3 Å². The van der Waals surface area contributed by atoms with Crippen LogP contribution in [0.5, 0.6) is 0 Å². The number of carbonyl (C=O) groups excluding carboxylic acids is 1. The minimum atomic E-state index is -0.681. The van der Waals surface area contributed by atoms with Gasteiger partial charge in [-0.25, -0.2) is 4.79 Å². The van der Waals surface area contributed by atoms with Crippen LogP contribution >= 0.6 is 11.8 Å². The molecule has 1 aromatic carbocycles. The number of ketones is 1. The standard InChI is InChI=1S/C20H21N5O4S/c1-2-24-18(27)15(14(26)11-30-19-23-22-17(29-19)13-8-9-13)16(21)25(20(24)28)10-12-6-4-3-5-7-12/h3-7,13H,2,8-11,21H2,1H3. The van der Waals surface area contributed by atoms with Crippen LogP contribution < -0.4 is 17.0 Å². The molecule has 0 bridgehead atoms. The Labute approximate surface area is 175 Å². The molecule has 4 rings (SSSR count). The van der Waals surface area contributed by atoms with Crippen LogP contribution in [0.25, 0.3) is 0 Å². The van der Waals surface area contributed by atoms with Crippen molar-refractivity contribution in [3.63, 3.8) is 0 Å². The molecule has 1 saturated carbocycles. The number of hydrogen-bond acceptors (Lipinski definition) is 8. The van der Waals surface area contributed by atoms with Crippen LogP contribution in [-0.4, -0.2) is 30.9 Å². The molecule has 156 valence electrons. The fraction of sp³-hybridized carbons (Fsp3) is 0.350. The molecule has 0 aliphatic heterocycles. The topological polar surface area (TPSA) is 126 Å². The average molecular weight is 427 g/mol. The summed E-state index contributed by atoms with van der Waals surface area (Å²) in [6.45, 7) is 1.97. The van der Waals surface area contributed by atoms with Crippen LogP contribution in [0.3, 0.4) is 0 Å². The summed E-state index contributed by atoms with van der Waals surface area (Å²) in [5.41, 5.74) is 5.56. The molecule has 30 heavy (non-hydrogen) atoms. The fourth-order valence-electron chi connectivity index (χ4n) is 3.15. The number of Topliss-reactive ketones (excluding diaryl/α,β-unsaturated/α-hetero) is 1. The monoisotopic (exact) mass is 427 g/mol. The van der Waals surface area contributed by atoms with E-state index in [4.69, 9.17) is 10.2 Å². The van der Waals surface area contributed by atoms with Gasteiger partial charge in [0.1, 0.15) is 11.4 Å². The predicted molar refractivity (Wildman–Crippen MR) is 112 cm³/mol. The number of carbonyl (C=O) groups is 1. The smallest absolute Gasteiger partial charge is 0.332 e. The Hall–Kier alpha value is -3.14. The lowest BCUT2D eigenvalue weighted by atomic mass is 10.2. The van der Waals surface area contributed by atoms with Crippen molar-refractivity contribution in [2.24, 2.45) is 0 Å². The molecule has 2 N–H and O–H groups in total. The van der Waals surface area contributed by atoms with Crippen LogP contribution in [-0.2, 0) is 13.1 Å². The number of rotatable bonds is 8. The van der Waals surface area contributed by atoms with E-state index in [1.54, 1.807) is 6.92 Å². The summed E-state index contributed by atoms with van der Waals surface area (Å²) in [6, 6.07) is 9.24. The molecule has 3 aromatic rings. The third kappa shape index (κ3) is 3.95. The molecule has 0 saturated heterocycles. The largest absolute Gasteiger partial charge is 0.416 e. The van der Waals surface area contributed by atoms with Crippen LogP contribution in [0, 0.1) is 0 Å². The van der Waals surface area contributed by atoms with E-state index in [0.717, 1.165) is 34.7 Å². The summed E-state index contributed by atoms with van der Waals surface area (Å²) in [5, 5.41) is 8.19. The number of nitrogens with zero attached hydrogens (tertiary/aromatic N) is 4. The van der Waals surface area contributed by atoms with Gasteiger partial charge in [0.15, 0.2) is 5.78 Å². The van der Waals surface area contributed by atoms with Gasteiger partial charge < -0.3 is 10.2 Å². The first-order valence-corrected chi connectivity index (χ1v) is 10.6. The quantitative estimate of drug-likeness (QED) is 0.427. The summed E-state index contributed by atoms with van der Waals surface area (Å²) < 4.78 is 7.82. The van der Waals surface area contributed by atoms with E-state index in [0.29, 0.717) is 11.8 Å². The lowest BCUT2D eigenvalue weighted by Crippen LogP contribution is -2.44. The zero-order valence-corrected chi connectivity index (χ0v) is 17.2. The van der Waals surface area contributed by atoms with Gasteiger partial charge in [-0.2, -0.15) is 0 Å². The van der Waals surface area contributed by atoms with Gasteiger partial charge >= 0.3 is 5.69 Å². The Morgan fingerprint density at radius 3 is 2.60 bits per heavy atom. The van der Waals surface area contributed by atoms with Crippen molar-refractivity contribution in [2.45, 2.75) is 44.0 Å². The molecule has 0 amide bonds. The van der Waals surface area contributed by atoms with Gasteiger partial charge in [0, 0.05) is 12.5 Å². The predicted octanol–water partition coefficient (Wildman–Crippen LogP) is 1.90. The molecule has 9 nitrogen and oxygen atoms in total. The van der Waals surface area contributed by atoms with Crippen LogP contribution in [0.15, 0.2) is 49.6 Å². The van der Waals surface area contributed by atoms with Gasteiger partial charge in [0.25, 0.3) is 10.8 Å². The van der Waals surface area contributed by atoms with Gasteiger partial charge in [-0.05, 0) is 25.3 Å². The molecule has 0 atom stereocenters. The average Bonchev–Trinajstić information content (AvgIpc) is 3.49. The molecule has 1 fully saturated rings. The van der Waals surface area contributed by atoms with E-state index in [9.17, 15) is 14.4 Å². The van der Waals surface area contributed by atoms with Crippen LogP contribution in [0.4, 0.5) is 5.82 Å².